The predicted molar refractivity (Wildman–Crippen MR) is 74.7 cm³/mol. The molecule has 2 rings (SSSR count). The molecule has 0 atom stereocenters. The van der Waals surface area contributed by atoms with Gasteiger partial charge in [0, 0.05) is 22.3 Å². The molecule has 1 aliphatic rings. The van der Waals surface area contributed by atoms with E-state index in [0.717, 1.165) is 25.5 Å². The fraction of sp³-hybridized carbons (Fsp3) is 0.615. The Hall–Kier alpha value is -1.03. The Labute approximate surface area is 107 Å². The molecule has 1 saturated carbocycles. The Morgan fingerprint density at radius 2 is 2.12 bits per heavy atom. The lowest BCUT2D eigenvalue weighted by Gasteiger charge is -2.09. The van der Waals surface area contributed by atoms with Crippen LogP contribution in [0.2, 0.25) is 0 Å². The first-order chi connectivity index (χ1) is 8.31. The number of hydrogen-bond donors (Lipinski definition) is 2. The molecule has 0 aliphatic heterocycles. The van der Waals surface area contributed by atoms with Gasteiger partial charge in [0.25, 0.3) is 0 Å². The average Bonchev–Trinajstić information content (AvgIpc) is 3.03. The summed E-state index contributed by atoms with van der Waals surface area (Å²) in [5, 5.41) is 6.71. The van der Waals surface area contributed by atoms with Gasteiger partial charge in [0.1, 0.15) is 0 Å². The van der Waals surface area contributed by atoms with Gasteiger partial charge in [0.2, 0.25) is 0 Å². The van der Waals surface area contributed by atoms with E-state index in [1.807, 2.05) is 11.3 Å². The highest BCUT2D eigenvalue weighted by Gasteiger charge is 2.21. The third-order valence-electron chi connectivity index (χ3n) is 2.72. The van der Waals surface area contributed by atoms with Gasteiger partial charge in [0.05, 0.1) is 6.54 Å². The van der Waals surface area contributed by atoms with Crippen molar-refractivity contribution < 1.29 is 0 Å². The normalized spacial score (nSPS) is 16.0. The number of rotatable bonds is 5. The number of thiophene rings is 1. The van der Waals surface area contributed by atoms with Crippen LogP contribution in [0.25, 0.3) is 0 Å². The quantitative estimate of drug-likeness (QED) is 0.623. The topological polar surface area (TPSA) is 36.4 Å². The Bertz CT molecular complexity index is 380. The standard InChI is InChI=1S/C13H21N3S/c1-3-11-7-8-12(17-11)9-15-13(14-4-2)16-10-5-6-10/h7-8,10H,3-6,9H2,1-2H3,(H2,14,15,16). The second kappa shape index (κ2) is 6.05. The number of guanidine groups is 1. The summed E-state index contributed by atoms with van der Waals surface area (Å²) >= 11 is 1.86. The lowest BCUT2D eigenvalue weighted by Crippen LogP contribution is -2.38. The summed E-state index contributed by atoms with van der Waals surface area (Å²) in [6.07, 6.45) is 3.68. The summed E-state index contributed by atoms with van der Waals surface area (Å²) < 4.78 is 0. The van der Waals surface area contributed by atoms with E-state index >= 15 is 0 Å². The molecular formula is C13H21N3S. The number of hydrogen-bond acceptors (Lipinski definition) is 2. The van der Waals surface area contributed by atoms with Gasteiger partial charge < -0.3 is 10.6 Å². The number of nitrogens with one attached hydrogen (secondary N) is 2. The van der Waals surface area contributed by atoms with Crippen LogP contribution in [-0.4, -0.2) is 18.5 Å². The van der Waals surface area contributed by atoms with Crippen molar-refractivity contribution in [3.8, 4) is 0 Å². The van der Waals surface area contributed by atoms with E-state index in [1.165, 1.54) is 22.6 Å². The van der Waals surface area contributed by atoms with E-state index in [9.17, 15) is 0 Å². The molecule has 1 aromatic rings. The Balaban J connectivity index is 1.90. The van der Waals surface area contributed by atoms with Crippen molar-refractivity contribution in [2.75, 3.05) is 6.54 Å². The number of nitrogens with zero attached hydrogens (tertiary/aromatic N) is 1. The molecule has 2 N–H and O–H groups in total. The third-order valence-corrected chi connectivity index (χ3v) is 3.94. The maximum Gasteiger partial charge on any atom is 0.191 e. The zero-order valence-electron chi connectivity index (χ0n) is 10.6. The molecule has 0 spiro atoms. The van der Waals surface area contributed by atoms with Gasteiger partial charge in [-0.2, -0.15) is 0 Å². The lowest BCUT2D eigenvalue weighted by molar-refractivity contribution is 0.813. The first kappa shape index (κ1) is 12.4. The average molecular weight is 251 g/mol. The van der Waals surface area contributed by atoms with Crippen molar-refractivity contribution in [2.45, 2.75) is 45.7 Å². The van der Waals surface area contributed by atoms with Gasteiger partial charge in [-0.1, -0.05) is 6.92 Å². The molecule has 0 amide bonds. The van der Waals surface area contributed by atoms with Crippen LogP contribution >= 0.6 is 11.3 Å². The smallest absolute Gasteiger partial charge is 0.191 e. The summed E-state index contributed by atoms with van der Waals surface area (Å²) in [5.41, 5.74) is 0. The molecule has 0 unspecified atom stereocenters. The molecule has 0 aromatic carbocycles. The summed E-state index contributed by atoms with van der Waals surface area (Å²) in [5.74, 6) is 0.960. The molecule has 0 saturated heterocycles. The first-order valence-electron chi connectivity index (χ1n) is 6.44. The molecule has 3 nitrogen and oxygen atoms in total. The first-order valence-corrected chi connectivity index (χ1v) is 7.26. The van der Waals surface area contributed by atoms with Gasteiger partial charge >= 0.3 is 0 Å². The zero-order chi connectivity index (χ0) is 12.1. The molecule has 17 heavy (non-hydrogen) atoms. The van der Waals surface area contributed by atoms with Crippen molar-refractivity contribution >= 4 is 17.3 Å². The molecule has 0 bridgehead atoms. The van der Waals surface area contributed by atoms with E-state index in [2.05, 4.69) is 41.6 Å². The van der Waals surface area contributed by atoms with E-state index in [0.29, 0.717) is 6.04 Å². The number of aryl methyl sites for hydroxylation is 1. The molecule has 1 aliphatic carbocycles. The Morgan fingerprint density at radius 1 is 1.35 bits per heavy atom. The minimum Gasteiger partial charge on any atom is -0.357 e. The molecule has 4 heteroatoms. The molecule has 94 valence electrons. The van der Waals surface area contributed by atoms with E-state index < -0.39 is 0 Å². The number of aliphatic imine (C=N–C) groups is 1. The van der Waals surface area contributed by atoms with Crippen LogP contribution in [0.4, 0.5) is 0 Å². The SMILES string of the molecule is CCNC(=NCc1ccc(CC)s1)NC1CC1. The van der Waals surface area contributed by atoms with Gasteiger partial charge in [-0.25, -0.2) is 4.99 Å². The minimum atomic E-state index is 0.655. The van der Waals surface area contributed by atoms with E-state index in [4.69, 9.17) is 0 Å². The summed E-state index contributed by atoms with van der Waals surface area (Å²) in [6, 6.07) is 5.05. The van der Waals surface area contributed by atoms with Crippen molar-refractivity contribution in [1.82, 2.24) is 10.6 Å². The summed E-state index contributed by atoms with van der Waals surface area (Å²) in [4.78, 5) is 7.40. The highest BCUT2D eigenvalue weighted by molar-refractivity contribution is 7.11. The maximum atomic E-state index is 4.62. The second-order valence-electron chi connectivity index (χ2n) is 4.34. The fourth-order valence-electron chi connectivity index (χ4n) is 1.60. The highest BCUT2D eigenvalue weighted by Crippen LogP contribution is 2.19. The van der Waals surface area contributed by atoms with Crippen molar-refractivity contribution in [1.29, 1.82) is 0 Å². The van der Waals surface area contributed by atoms with E-state index in [-0.39, 0.29) is 0 Å². The zero-order valence-corrected chi connectivity index (χ0v) is 11.4. The predicted octanol–water partition coefficient (Wildman–Crippen LogP) is 2.53. The van der Waals surface area contributed by atoms with Gasteiger partial charge in [0.15, 0.2) is 5.96 Å². The third kappa shape index (κ3) is 4.04. The molecular weight excluding hydrogens is 230 g/mol. The van der Waals surface area contributed by atoms with Crippen LogP contribution in [-0.2, 0) is 13.0 Å². The van der Waals surface area contributed by atoms with Crippen molar-refractivity contribution in [3.63, 3.8) is 0 Å². The molecule has 1 aromatic heterocycles. The largest absolute Gasteiger partial charge is 0.357 e. The van der Waals surface area contributed by atoms with Gasteiger partial charge in [-0.3, -0.25) is 0 Å². The Kier molecular flexibility index (Phi) is 4.42. The summed E-state index contributed by atoms with van der Waals surface area (Å²) in [7, 11) is 0. The van der Waals surface area contributed by atoms with Crippen molar-refractivity contribution in [2.24, 2.45) is 4.99 Å². The van der Waals surface area contributed by atoms with Crippen LogP contribution in [0.5, 0.6) is 0 Å². The Morgan fingerprint density at radius 3 is 2.71 bits per heavy atom. The van der Waals surface area contributed by atoms with Gasteiger partial charge in [-0.15, -0.1) is 11.3 Å². The minimum absolute atomic E-state index is 0.655. The fourth-order valence-corrected chi connectivity index (χ4v) is 2.48. The second-order valence-corrected chi connectivity index (χ2v) is 5.59. The van der Waals surface area contributed by atoms with Gasteiger partial charge in [-0.05, 0) is 38.3 Å². The molecule has 0 radical (unpaired) electrons. The molecule has 1 heterocycles. The van der Waals surface area contributed by atoms with Crippen LogP contribution in [0.1, 0.15) is 36.4 Å². The summed E-state index contributed by atoms with van der Waals surface area (Å²) in [6.45, 7) is 6.00. The van der Waals surface area contributed by atoms with Crippen LogP contribution in [0.15, 0.2) is 17.1 Å². The van der Waals surface area contributed by atoms with Crippen LogP contribution in [0.3, 0.4) is 0 Å². The van der Waals surface area contributed by atoms with Crippen LogP contribution in [0, 0.1) is 0 Å². The molecule has 1 fully saturated rings. The van der Waals surface area contributed by atoms with Crippen LogP contribution < -0.4 is 10.6 Å². The highest BCUT2D eigenvalue weighted by atomic mass is 32.1. The van der Waals surface area contributed by atoms with Crippen molar-refractivity contribution in [3.05, 3.63) is 21.9 Å². The lowest BCUT2D eigenvalue weighted by atomic mass is 10.4. The van der Waals surface area contributed by atoms with E-state index in [1.54, 1.807) is 0 Å². The monoisotopic (exact) mass is 251 g/mol. The maximum absolute atomic E-state index is 4.62.